The van der Waals surface area contributed by atoms with Gasteiger partial charge in [-0.15, -0.1) is 0 Å². The molecule has 0 bridgehead atoms. The summed E-state index contributed by atoms with van der Waals surface area (Å²) >= 11 is 0. The van der Waals surface area contributed by atoms with Crippen LogP contribution in [0.4, 0.5) is 0 Å². The lowest BCUT2D eigenvalue weighted by atomic mass is 10.1. The molecule has 0 unspecified atom stereocenters. The maximum atomic E-state index is 12.3. The molecular weight excluding hydrogens is 296 g/mol. The molecule has 3 rings (SSSR count). The van der Waals surface area contributed by atoms with Gasteiger partial charge >= 0.3 is 0 Å². The molecule has 0 radical (unpaired) electrons. The molecule has 1 aromatic carbocycles. The van der Waals surface area contributed by atoms with E-state index in [-0.39, 0.29) is 12.7 Å². The molecule has 6 heteroatoms. The molecule has 1 aliphatic rings. The highest BCUT2D eigenvalue weighted by molar-refractivity contribution is 5.76. The lowest BCUT2D eigenvalue weighted by Crippen LogP contribution is -2.26. The van der Waals surface area contributed by atoms with Gasteiger partial charge in [0.1, 0.15) is 5.76 Å². The summed E-state index contributed by atoms with van der Waals surface area (Å²) in [4.78, 5) is 14.0. The first-order valence-electron chi connectivity index (χ1n) is 7.59. The van der Waals surface area contributed by atoms with Crippen molar-refractivity contribution in [2.45, 2.75) is 33.2 Å². The van der Waals surface area contributed by atoms with E-state index in [2.05, 4.69) is 5.16 Å². The lowest BCUT2D eigenvalue weighted by Gasteiger charge is -2.17. The fourth-order valence-corrected chi connectivity index (χ4v) is 2.59. The molecule has 1 aromatic heterocycles. The third kappa shape index (κ3) is 3.31. The number of nitrogens with zero attached hydrogens (tertiary/aromatic N) is 2. The molecule has 122 valence electrons. The molecule has 2 aromatic rings. The topological polar surface area (TPSA) is 64.8 Å². The van der Waals surface area contributed by atoms with E-state index < -0.39 is 0 Å². The Morgan fingerprint density at radius 1 is 1.26 bits per heavy atom. The Morgan fingerprint density at radius 3 is 2.78 bits per heavy atom. The fraction of sp³-hybridized carbons (Fsp3) is 0.412. The van der Waals surface area contributed by atoms with E-state index in [0.717, 1.165) is 34.1 Å². The third-order valence-electron chi connectivity index (χ3n) is 4.07. The van der Waals surface area contributed by atoms with Crippen molar-refractivity contribution in [3.8, 4) is 11.5 Å². The van der Waals surface area contributed by atoms with Crippen LogP contribution in [0.15, 0.2) is 22.7 Å². The number of hydrogen-bond donors (Lipinski definition) is 0. The summed E-state index contributed by atoms with van der Waals surface area (Å²) in [6.45, 7) is 4.52. The Bertz CT molecular complexity index is 704. The summed E-state index contributed by atoms with van der Waals surface area (Å²) in [5.74, 6) is 2.36. The number of rotatable bonds is 5. The average molecular weight is 316 g/mol. The van der Waals surface area contributed by atoms with E-state index in [0.29, 0.717) is 19.4 Å². The van der Waals surface area contributed by atoms with E-state index in [1.165, 1.54) is 0 Å². The quantitative estimate of drug-likeness (QED) is 0.848. The Labute approximate surface area is 135 Å². The molecule has 1 amide bonds. The van der Waals surface area contributed by atoms with Crippen molar-refractivity contribution in [2.75, 3.05) is 13.8 Å². The van der Waals surface area contributed by atoms with Gasteiger partial charge in [-0.2, -0.15) is 0 Å². The number of aryl methyl sites for hydroxylation is 3. The molecule has 0 aliphatic carbocycles. The van der Waals surface area contributed by atoms with Crippen molar-refractivity contribution in [1.29, 1.82) is 0 Å². The Hall–Kier alpha value is -2.50. The lowest BCUT2D eigenvalue weighted by molar-refractivity contribution is -0.130. The number of hydrogen-bond acceptors (Lipinski definition) is 5. The summed E-state index contributed by atoms with van der Waals surface area (Å²) in [7, 11) is 1.80. The zero-order valence-electron chi connectivity index (χ0n) is 13.6. The van der Waals surface area contributed by atoms with Crippen LogP contribution in [0.5, 0.6) is 11.5 Å². The van der Waals surface area contributed by atoms with E-state index in [1.807, 2.05) is 32.0 Å². The van der Waals surface area contributed by atoms with Crippen LogP contribution in [-0.4, -0.2) is 29.8 Å². The molecule has 0 N–H and O–H groups in total. The first-order chi connectivity index (χ1) is 11.0. The Morgan fingerprint density at radius 2 is 2.04 bits per heavy atom. The number of aromatic nitrogens is 1. The summed E-state index contributed by atoms with van der Waals surface area (Å²) in [5.41, 5.74) is 2.87. The van der Waals surface area contributed by atoms with Crippen LogP contribution < -0.4 is 9.47 Å². The van der Waals surface area contributed by atoms with Gasteiger partial charge in [0.2, 0.25) is 12.7 Å². The van der Waals surface area contributed by atoms with Crippen molar-refractivity contribution >= 4 is 5.91 Å². The summed E-state index contributed by atoms with van der Waals surface area (Å²) in [5, 5.41) is 3.92. The monoisotopic (exact) mass is 316 g/mol. The average Bonchev–Trinajstić information content (AvgIpc) is 3.13. The number of benzene rings is 1. The third-order valence-corrected chi connectivity index (χ3v) is 4.07. The van der Waals surface area contributed by atoms with Gasteiger partial charge in [-0.1, -0.05) is 11.2 Å². The van der Waals surface area contributed by atoms with Crippen LogP contribution in [0.2, 0.25) is 0 Å². The zero-order chi connectivity index (χ0) is 16.4. The minimum atomic E-state index is 0.0858. The minimum Gasteiger partial charge on any atom is -0.454 e. The molecular formula is C17H20N2O4. The molecule has 0 fully saturated rings. The first kappa shape index (κ1) is 15.4. The van der Waals surface area contributed by atoms with E-state index in [9.17, 15) is 4.79 Å². The van der Waals surface area contributed by atoms with Gasteiger partial charge < -0.3 is 18.9 Å². The second-order valence-corrected chi connectivity index (χ2v) is 5.74. The van der Waals surface area contributed by atoms with E-state index in [1.54, 1.807) is 11.9 Å². The van der Waals surface area contributed by atoms with Crippen LogP contribution >= 0.6 is 0 Å². The highest BCUT2D eigenvalue weighted by Crippen LogP contribution is 2.32. The highest BCUT2D eigenvalue weighted by atomic mass is 16.7. The van der Waals surface area contributed by atoms with Gasteiger partial charge in [0.15, 0.2) is 11.5 Å². The van der Waals surface area contributed by atoms with Crippen LogP contribution in [0.3, 0.4) is 0 Å². The van der Waals surface area contributed by atoms with Crippen molar-refractivity contribution in [3.63, 3.8) is 0 Å². The summed E-state index contributed by atoms with van der Waals surface area (Å²) < 4.78 is 15.8. The fourth-order valence-electron chi connectivity index (χ4n) is 2.59. The molecule has 1 aliphatic heterocycles. The predicted molar refractivity (Wildman–Crippen MR) is 83.3 cm³/mol. The second-order valence-electron chi connectivity index (χ2n) is 5.74. The number of fused-ring (bicyclic) bond motifs is 1. The predicted octanol–water partition coefficient (Wildman–Crippen LogP) is 2.61. The van der Waals surface area contributed by atoms with Gasteiger partial charge in [0.05, 0.1) is 12.2 Å². The summed E-state index contributed by atoms with van der Waals surface area (Å²) in [6.07, 6.45) is 1.11. The van der Waals surface area contributed by atoms with Crippen LogP contribution in [-0.2, 0) is 17.8 Å². The highest BCUT2D eigenvalue weighted by Gasteiger charge is 2.17. The van der Waals surface area contributed by atoms with Gasteiger partial charge in [0, 0.05) is 19.0 Å². The first-order valence-corrected chi connectivity index (χ1v) is 7.59. The molecule has 6 nitrogen and oxygen atoms in total. The molecule has 0 atom stereocenters. The van der Waals surface area contributed by atoms with Crippen molar-refractivity contribution in [2.24, 2.45) is 0 Å². The van der Waals surface area contributed by atoms with Gasteiger partial charge in [-0.05, 0) is 38.0 Å². The normalized spacial score (nSPS) is 12.5. The second kappa shape index (κ2) is 6.32. The standard InChI is InChI=1S/C17H20N2O4/c1-11-14(12(2)23-18-11)9-19(3)17(20)7-5-13-4-6-15-16(8-13)22-10-21-15/h4,6,8H,5,7,9-10H2,1-3H3. The molecule has 0 saturated carbocycles. The maximum Gasteiger partial charge on any atom is 0.231 e. The van der Waals surface area contributed by atoms with E-state index in [4.69, 9.17) is 14.0 Å². The largest absolute Gasteiger partial charge is 0.454 e. The van der Waals surface area contributed by atoms with E-state index >= 15 is 0 Å². The van der Waals surface area contributed by atoms with Gasteiger partial charge in [-0.3, -0.25) is 4.79 Å². The number of carbonyl (C=O) groups is 1. The van der Waals surface area contributed by atoms with Crippen molar-refractivity contribution in [3.05, 3.63) is 40.8 Å². The van der Waals surface area contributed by atoms with Crippen LogP contribution in [0, 0.1) is 13.8 Å². The molecule has 0 saturated heterocycles. The van der Waals surface area contributed by atoms with Gasteiger partial charge in [-0.25, -0.2) is 0 Å². The van der Waals surface area contributed by atoms with Crippen molar-refractivity contribution in [1.82, 2.24) is 10.1 Å². The smallest absolute Gasteiger partial charge is 0.231 e. The zero-order valence-corrected chi connectivity index (χ0v) is 13.6. The Balaban J connectivity index is 1.56. The van der Waals surface area contributed by atoms with Crippen LogP contribution in [0.1, 0.15) is 29.0 Å². The summed E-state index contributed by atoms with van der Waals surface area (Å²) in [6, 6.07) is 5.79. The number of amides is 1. The number of ether oxygens (including phenoxy) is 2. The van der Waals surface area contributed by atoms with Crippen LogP contribution in [0.25, 0.3) is 0 Å². The Kier molecular flexibility index (Phi) is 4.23. The number of carbonyl (C=O) groups excluding carboxylic acids is 1. The molecule has 2 heterocycles. The SMILES string of the molecule is Cc1noc(C)c1CN(C)C(=O)CCc1ccc2c(c1)OCO2. The minimum absolute atomic E-state index is 0.0858. The maximum absolute atomic E-state index is 12.3. The van der Waals surface area contributed by atoms with Gasteiger partial charge in [0.25, 0.3) is 0 Å². The van der Waals surface area contributed by atoms with Crippen molar-refractivity contribution < 1.29 is 18.8 Å². The molecule has 23 heavy (non-hydrogen) atoms. The molecule has 0 spiro atoms.